The van der Waals surface area contributed by atoms with Crippen LogP contribution in [0.15, 0.2) is 60.7 Å². The lowest BCUT2D eigenvalue weighted by Crippen LogP contribution is -2.19. The van der Waals surface area contributed by atoms with Crippen LogP contribution in [-0.4, -0.2) is 19.9 Å². The van der Waals surface area contributed by atoms with Gasteiger partial charge in [-0.1, -0.05) is 74.5 Å². The van der Waals surface area contributed by atoms with Crippen LogP contribution in [-0.2, 0) is 25.6 Å². The molecule has 4 heteroatoms. The molecule has 0 aliphatic carbocycles. The summed E-state index contributed by atoms with van der Waals surface area (Å²) in [5.74, 6) is 0.304. The predicted octanol–water partition coefficient (Wildman–Crippen LogP) is 5.14. The third kappa shape index (κ3) is 7.53. The van der Waals surface area contributed by atoms with Crippen LogP contribution >= 0.6 is 0 Å². The van der Waals surface area contributed by atoms with Crippen LogP contribution in [0.4, 0.5) is 0 Å². The number of methoxy groups -OCH3 is 1. The molecule has 0 amide bonds. The summed E-state index contributed by atoms with van der Waals surface area (Å²) in [7, 11) is 1.43. The largest absolute Gasteiger partial charge is 0.469 e. The summed E-state index contributed by atoms with van der Waals surface area (Å²) < 4.78 is 16.6. The Morgan fingerprint density at radius 1 is 0.963 bits per heavy atom. The Morgan fingerprint density at radius 3 is 2.22 bits per heavy atom. The SMILES string of the molecule is COC(=O)C[C@H](C)C[C@H](C)[C@H](OCOCc1ccccc1)c1ccccc1. The zero-order valence-corrected chi connectivity index (χ0v) is 16.5. The van der Waals surface area contributed by atoms with Gasteiger partial charge in [-0.05, 0) is 29.4 Å². The molecule has 2 aromatic carbocycles. The molecule has 0 heterocycles. The second-order valence-corrected chi connectivity index (χ2v) is 7.05. The Bertz CT molecular complexity index is 657. The molecule has 0 unspecified atom stereocenters. The minimum absolute atomic E-state index is 0.0814. The molecule has 0 radical (unpaired) electrons. The molecule has 2 aromatic rings. The first-order valence-electron chi connectivity index (χ1n) is 9.45. The van der Waals surface area contributed by atoms with Gasteiger partial charge >= 0.3 is 5.97 Å². The Hall–Kier alpha value is -2.17. The fourth-order valence-electron chi connectivity index (χ4n) is 3.30. The number of hydrogen-bond donors (Lipinski definition) is 0. The molecule has 2 rings (SSSR count). The maximum atomic E-state index is 11.5. The molecule has 27 heavy (non-hydrogen) atoms. The van der Waals surface area contributed by atoms with Crippen molar-refractivity contribution in [1.82, 2.24) is 0 Å². The van der Waals surface area contributed by atoms with E-state index in [1.807, 2.05) is 48.5 Å². The Morgan fingerprint density at radius 2 is 1.59 bits per heavy atom. The highest BCUT2D eigenvalue weighted by atomic mass is 16.7. The van der Waals surface area contributed by atoms with Crippen molar-refractivity contribution in [3.63, 3.8) is 0 Å². The van der Waals surface area contributed by atoms with Crippen molar-refractivity contribution in [3.8, 4) is 0 Å². The molecular formula is C23H30O4. The molecule has 146 valence electrons. The van der Waals surface area contributed by atoms with Gasteiger partial charge in [0.05, 0.1) is 19.8 Å². The third-order valence-corrected chi connectivity index (χ3v) is 4.60. The van der Waals surface area contributed by atoms with E-state index in [1.54, 1.807) is 0 Å². The van der Waals surface area contributed by atoms with Crippen molar-refractivity contribution in [2.24, 2.45) is 11.8 Å². The lowest BCUT2D eigenvalue weighted by molar-refractivity contribution is -0.142. The summed E-state index contributed by atoms with van der Waals surface area (Å²) >= 11 is 0. The van der Waals surface area contributed by atoms with Crippen LogP contribution in [0.5, 0.6) is 0 Å². The van der Waals surface area contributed by atoms with Crippen LogP contribution < -0.4 is 0 Å². The minimum Gasteiger partial charge on any atom is -0.469 e. The Labute approximate surface area is 162 Å². The number of carbonyl (C=O) groups excluding carboxylic acids is 1. The molecule has 0 aliphatic rings. The monoisotopic (exact) mass is 370 g/mol. The van der Waals surface area contributed by atoms with Gasteiger partial charge in [-0.25, -0.2) is 0 Å². The molecule has 4 nitrogen and oxygen atoms in total. The molecule has 0 saturated carbocycles. The highest BCUT2D eigenvalue weighted by Crippen LogP contribution is 2.31. The van der Waals surface area contributed by atoms with E-state index in [0.29, 0.717) is 13.0 Å². The molecule has 0 aliphatic heterocycles. The molecule has 0 bridgehead atoms. The molecule has 0 fully saturated rings. The summed E-state index contributed by atoms with van der Waals surface area (Å²) in [6, 6.07) is 20.2. The second kappa shape index (κ2) is 11.5. The molecule has 3 atom stereocenters. The average molecular weight is 370 g/mol. The Kier molecular flexibility index (Phi) is 9.02. The highest BCUT2D eigenvalue weighted by molar-refractivity contribution is 5.69. The van der Waals surface area contributed by atoms with E-state index in [0.717, 1.165) is 17.5 Å². The molecule has 0 aromatic heterocycles. The second-order valence-electron chi connectivity index (χ2n) is 7.05. The summed E-state index contributed by atoms with van der Waals surface area (Å²) in [6.07, 6.45) is 1.21. The molecule has 0 saturated heterocycles. The van der Waals surface area contributed by atoms with Gasteiger partial charge in [-0.15, -0.1) is 0 Å². The van der Waals surface area contributed by atoms with Gasteiger partial charge in [0.1, 0.15) is 6.79 Å². The average Bonchev–Trinajstić information content (AvgIpc) is 2.69. The van der Waals surface area contributed by atoms with Crippen LogP contribution in [0.2, 0.25) is 0 Å². The fraction of sp³-hybridized carbons (Fsp3) is 0.435. The number of rotatable bonds is 11. The Balaban J connectivity index is 1.91. The number of hydrogen-bond acceptors (Lipinski definition) is 4. The van der Waals surface area contributed by atoms with E-state index < -0.39 is 0 Å². The number of esters is 1. The van der Waals surface area contributed by atoms with E-state index in [4.69, 9.17) is 14.2 Å². The normalized spacial score (nSPS) is 14.3. The maximum absolute atomic E-state index is 11.5. The smallest absolute Gasteiger partial charge is 0.305 e. The highest BCUT2D eigenvalue weighted by Gasteiger charge is 2.23. The van der Waals surface area contributed by atoms with Gasteiger partial charge in [0.2, 0.25) is 0 Å². The van der Waals surface area contributed by atoms with Gasteiger partial charge in [0.15, 0.2) is 0 Å². The summed E-state index contributed by atoms with van der Waals surface area (Å²) in [5, 5.41) is 0. The van der Waals surface area contributed by atoms with Crippen molar-refractivity contribution >= 4 is 5.97 Å². The first kappa shape index (κ1) is 21.1. The first-order valence-corrected chi connectivity index (χ1v) is 9.45. The van der Waals surface area contributed by atoms with Crippen molar-refractivity contribution < 1.29 is 19.0 Å². The number of benzene rings is 2. The fourth-order valence-corrected chi connectivity index (χ4v) is 3.30. The van der Waals surface area contributed by atoms with Crippen molar-refractivity contribution in [1.29, 1.82) is 0 Å². The van der Waals surface area contributed by atoms with E-state index in [9.17, 15) is 4.79 Å². The van der Waals surface area contributed by atoms with E-state index in [-0.39, 0.29) is 30.7 Å². The molecular weight excluding hydrogens is 340 g/mol. The van der Waals surface area contributed by atoms with Gasteiger partial charge in [-0.3, -0.25) is 4.79 Å². The van der Waals surface area contributed by atoms with Crippen LogP contribution in [0, 0.1) is 11.8 Å². The topological polar surface area (TPSA) is 44.8 Å². The maximum Gasteiger partial charge on any atom is 0.305 e. The van der Waals surface area contributed by atoms with Crippen molar-refractivity contribution in [2.45, 2.75) is 39.4 Å². The summed E-state index contributed by atoms with van der Waals surface area (Å²) in [6.45, 7) is 4.98. The van der Waals surface area contributed by atoms with E-state index in [2.05, 4.69) is 26.0 Å². The van der Waals surface area contributed by atoms with Gasteiger partial charge in [-0.2, -0.15) is 0 Å². The number of ether oxygens (including phenoxy) is 3. The van der Waals surface area contributed by atoms with Crippen LogP contribution in [0.3, 0.4) is 0 Å². The lowest BCUT2D eigenvalue weighted by Gasteiger charge is -2.27. The number of carbonyl (C=O) groups is 1. The summed E-state index contributed by atoms with van der Waals surface area (Å²) in [4.78, 5) is 11.5. The van der Waals surface area contributed by atoms with Gasteiger partial charge < -0.3 is 14.2 Å². The van der Waals surface area contributed by atoms with Gasteiger partial charge in [0, 0.05) is 6.42 Å². The first-order chi connectivity index (χ1) is 13.1. The van der Waals surface area contributed by atoms with E-state index in [1.165, 1.54) is 7.11 Å². The quantitative estimate of drug-likeness (QED) is 0.312. The van der Waals surface area contributed by atoms with Crippen LogP contribution in [0.1, 0.15) is 43.9 Å². The lowest BCUT2D eigenvalue weighted by atomic mass is 9.88. The molecule has 0 N–H and O–H groups in total. The zero-order valence-electron chi connectivity index (χ0n) is 16.5. The van der Waals surface area contributed by atoms with Crippen molar-refractivity contribution in [3.05, 3.63) is 71.8 Å². The van der Waals surface area contributed by atoms with Crippen LogP contribution in [0.25, 0.3) is 0 Å². The van der Waals surface area contributed by atoms with E-state index >= 15 is 0 Å². The standard InChI is InChI=1S/C23H30O4/c1-18(15-22(24)25-3)14-19(2)23(21-12-8-5-9-13-21)27-17-26-16-20-10-6-4-7-11-20/h4-13,18-19,23H,14-17H2,1-3H3/t18-,19+,23+/m1/s1. The van der Waals surface area contributed by atoms with Crippen molar-refractivity contribution in [2.75, 3.05) is 13.9 Å². The zero-order chi connectivity index (χ0) is 19.5. The third-order valence-electron chi connectivity index (χ3n) is 4.60. The summed E-state index contributed by atoms with van der Waals surface area (Å²) in [5.41, 5.74) is 2.25. The van der Waals surface area contributed by atoms with Gasteiger partial charge in [0.25, 0.3) is 0 Å². The minimum atomic E-state index is -0.168. The molecule has 0 spiro atoms. The predicted molar refractivity (Wildman–Crippen MR) is 106 cm³/mol.